The summed E-state index contributed by atoms with van der Waals surface area (Å²) in [5.41, 5.74) is 7.73. The number of benzene rings is 4. The van der Waals surface area contributed by atoms with Crippen molar-refractivity contribution < 1.29 is 14.7 Å². The number of rotatable bonds is 8. The van der Waals surface area contributed by atoms with Gasteiger partial charge in [0.2, 0.25) is 0 Å². The first-order valence-electron chi connectivity index (χ1n) is 15.5. The molecule has 2 aliphatic rings. The molecule has 0 bridgehead atoms. The van der Waals surface area contributed by atoms with E-state index in [1.165, 1.54) is 39.8 Å². The maximum atomic E-state index is 11.5. The summed E-state index contributed by atoms with van der Waals surface area (Å²) in [6.07, 6.45) is 8.13. The number of carboxylic acid groups (broad SMARTS) is 1. The number of carboxylic acids is 1. The fraction of sp³-hybridized carbons (Fsp3) is 0.333. The summed E-state index contributed by atoms with van der Waals surface area (Å²) >= 11 is 0. The first-order valence-corrected chi connectivity index (χ1v) is 15.5. The lowest BCUT2D eigenvalue weighted by Crippen LogP contribution is -2.10. The zero-order chi connectivity index (χ0) is 29.3. The van der Waals surface area contributed by atoms with Gasteiger partial charge in [-0.25, -0.2) is 0 Å². The van der Waals surface area contributed by atoms with Crippen molar-refractivity contribution in [3.05, 3.63) is 120 Å². The smallest absolute Gasteiger partial charge is 0.306 e. The van der Waals surface area contributed by atoms with Gasteiger partial charge in [-0.1, -0.05) is 109 Å². The zero-order valence-electron chi connectivity index (χ0n) is 24.6. The van der Waals surface area contributed by atoms with Crippen LogP contribution in [0.1, 0.15) is 56.6 Å². The highest BCUT2D eigenvalue weighted by Gasteiger charge is 2.30. The quantitative estimate of drug-likeness (QED) is 0.234. The zero-order valence-corrected chi connectivity index (χ0v) is 24.6. The summed E-state index contributed by atoms with van der Waals surface area (Å²) < 4.78 is 0. The van der Waals surface area contributed by atoms with Gasteiger partial charge < -0.3 is 5.11 Å². The van der Waals surface area contributed by atoms with Gasteiger partial charge in [0.1, 0.15) is 5.78 Å². The standard InChI is InChI=1S/C20H22O.C19H20O2/c1-15(21)19-11-10-17(13-19)12-16-6-5-9-20(14-16)18-7-3-2-4-8-18;20-19(21)18-10-9-15(13-18)11-14-5-4-8-17(12-14)16-6-2-1-3-7-16/h2-9,14,17,19H,10-13H2,1H3;1-8,12,15,18H,9-11,13H2,(H,20,21)/t17-,19+;15-,18+/m00/s1. The number of Topliss-reactive ketones (excluding diaryl/α,β-unsaturated/α-hetero) is 1. The molecule has 216 valence electrons. The van der Waals surface area contributed by atoms with Crippen LogP contribution in [0, 0.1) is 23.7 Å². The van der Waals surface area contributed by atoms with Crippen molar-refractivity contribution >= 4 is 11.8 Å². The Morgan fingerprint density at radius 2 is 1.00 bits per heavy atom. The van der Waals surface area contributed by atoms with Gasteiger partial charge in [0.15, 0.2) is 0 Å². The molecule has 0 aliphatic heterocycles. The second-order valence-corrected chi connectivity index (χ2v) is 12.2. The Bertz CT molecular complexity index is 1350. The summed E-state index contributed by atoms with van der Waals surface area (Å²) in [6, 6.07) is 38.3. The molecule has 2 aliphatic carbocycles. The lowest BCUT2D eigenvalue weighted by molar-refractivity contribution is -0.141. The van der Waals surface area contributed by atoms with Crippen LogP contribution in [0.4, 0.5) is 0 Å². The molecular weight excluding hydrogens is 516 g/mol. The summed E-state index contributed by atoms with van der Waals surface area (Å²) in [5.74, 6) is 1.10. The Morgan fingerprint density at radius 1 is 0.571 bits per heavy atom. The molecular formula is C39H42O3. The fourth-order valence-corrected chi connectivity index (χ4v) is 6.80. The summed E-state index contributed by atoms with van der Waals surface area (Å²) in [7, 11) is 0. The topological polar surface area (TPSA) is 54.4 Å². The van der Waals surface area contributed by atoms with E-state index in [0.717, 1.165) is 44.9 Å². The van der Waals surface area contributed by atoms with E-state index in [0.29, 0.717) is 23.5 Å². The fourth-order valence-electron chi connectivity index (χ4n) is 6.80. The Hall–Kier alpha value is -3.98. The number of carbonyl (C=O) groups excluding carboxylic acids is 1. The lowest BCUT2D eigenvalue weighted by atomic mass is 9.94. The van der Waals surface area contributed by atoms with Crippen LogP contribution in [-0.2, 0) is 22.4 Å². The van der Waals surface area contributed by atoms with Crippen molar-refractivity contribution in [2.24, 2.45) is 23.7 Å². The van der Waals surface area contributed by atoms with Crippen molar-refractivity contribution in [1.82, 2.24) is 0 Å². The Balaban J connectivity index is 0.000000168. The third-order valence-electron chi connectivity index (χ3n) is 9.12. The minimum Gasteiger partial charge on any atom is -0.481 e. The molecule has 2 fully saturated rings. The van der Waals surface area contributed by atoms with Gasteiger partial charge in [-0.2, -0.15) is 0 Å². The van der Waals surface area contributed by atoms with Gasteiger partial charge in [-0.3, -0.25) is 9.59 Å². The highest BCUT2D eigenvalue weighted by molar-refractivity contribution is 5.78. The molecule has 6 rings (SSSR count). The van der Waals surface area contributed by atoms with Gasteiger partial charge in [0.25, 0.3) is 0 Å². The van der Waals surface area contributed by atoms with Crippen LogP contribution in [0.5, 0.6) is 0 Å². The average molecular weight is 559 g/mol. The number of hydrogen-bond donors (Lipinski definition) is 1. The van der Waals surface area contributed by atoms with Crippen LogP contribution in [0.15, 0.2) is 109 Å². The van der Waals surface area contributed by atoms with Gasteiger partial charge in [-0.15, -0.1) is 0 Å². The molecule has 4 atom stereocenters. The molecule has 0 radical (unpaired) electrons. The van der Waals surface area contributed by atoms with E-state index in [1.54, 1.807) is 6.92 Å². The first-order chi connectivity index (χ1) is 20.4. The SMILES string of the molecule is CC(=O)[C@@H]1CC[C@@H](Cc2cccc(-c3ccccc3)c2)C1.O=C(O)[C@@H]1CC[C@@H](Cc2cccc(-c3ccccc3)c2)C1. The Labute approximate surface area is 250 Å². The maximum Gasteiger partial charge on any atom is 0.306 e. The molecule has 0 unspecified atom stereocenters. The molecule has 0 spiro atoms. The molecule has 0 heterocycles. The summed E-state index contributed by atoms with van der Waals surface area (Å²) in [5, 5.41) is 9.09. The minimum atomic E-state index is -0.629. The summed E-state index contributed by atoms with van der Waals surface area (Å²) in [4.78, 5) is 22.5. The maximum absolute atomic E-state index is 11.5. The van der Waals surface area contributed by atoms with Gasteiger partial charge >= 0.3 is 5.97 Å². The van der Waals surface area contributed by atoms with Crippen LogP contribution in [0.3, 0.4) is 0 Å². The molecule has 0 aromatic heterocycles. The molecule has 4 aromatic rings. The van der Waals surface area contributed by atoms with Crippen LogP contribution in [0.2, 0.25) is 0 Å². The van der Waals surface area contributed by atoms with Crippen molar-refractivity contribution in [3.63, 3.8) is 0 Å². The van der Waals surface area contributed by atoms with E-state index in [-0.39, 0.29) is 5.92 Å². The molecule has 4 aromatic carbocycles. The van der Waals surface area contributed by atoms with Crippen molar-refractivity contribution in [2.45, 2.75) is 58.3 Å². The molecule has 3 heteroatoms. The molecule has 0 saturated heterocycles. The van der Waals surface area contributed by atoms with E-state index in [9.17, 15) is 9.59 Å². The second kappa shape index (κ2) is 14.3. The molecule has 42 heavy (non-hydrogen) atoms. The largest absolute Gasteiger partial charge is 0.481 e. The van der Waals surface area contributed by atoms with E-state index in [4.69, 9.17) is 5.11 Å². The van der Waals surface area contributed by atoms with Crippen LogP contribution < -0.4 is 0 Å². The highest BCUT2D eigenvalue weighted by Crippen LogP contribution is 2.35. The third-order valence-corrected chi connectivity index (χ3v) is 9.12. The van der Waals surface area contributed by atoms with E-state index < -0.39 is 5.97 Å². The molecule has 2 saturated carbocycles. The third kappa shape index (κ3) is 8.06. The van der Waals surface area contributed by atoms with E-state index >= 15 is 0 Å². The number of aliphatic carboxylic acids is 1. The monoisotopic (exact) mass is 558 g/mol. The van der Waals surface area contributed by atoms with E-state index in [2.05, 4.69) is 97.1 Å². The normalized spacial score (nSPS) is 21.4. The minimum absolute atomic E-state index is 0.132. The van der Waals surface area contributed by atoms with Crippen LogP contribution >= 0.6 is 0 Å². The first kappa shape index (κ1) is 29.5. The van der Waals surface area contributed by atoms with Crippen molar-refractivity contribution in [3.8, 4) is 22.3 Å². The van der Waals surface area contributed by atoms with Gasteiger partial charge in [0, 0.05) is 5.92 Å². The number of ketones is 1. The Kier molecular flexibility index (Phi) is 10.0. The van der Waals surface area contributed by atoms with Crippen molar-refractivity contribution in [1.29, 1.82) is 0 Å². The van der Waals surface area contributed by atoms with Crippen molar-refractivity contribution in [2.75, 3.05) is 0 Å². The van der Waals surface area contributed by atoms with Crippen LogP contribution in [-0.4, -0.2) is 16.9 Å². The summed E-state index contributed by atoms with van der Waals surface area (Å²) in [6.45, 7) is 1.74. The highest BCUT2D eigenvalue weighted by atomic mass is 16.4. The second-order valence-electron chi connectivity index (χ2n) is 12.2. The number of hydrogen-bond acceptors (Lipinski definition) is 2. The predicted molar refractivity (Wildman–Crippen MR) is 171 cm³/mol. The Morgan fingerprint density at radius 3 is 1.40 bits per heavy atom. The lowest BCUT2D eigenvalue weighted by Gasteiger charge is -2.11. The molecule has 0 amide bonds. The number of carbonyl (C=O) groups is 2. The van der Waals surface area contributed by atoms with E-state index in [1.807, 2.05) is 12.1 Å². The van der Waals surface area contributed by atoms with Gasteiger partial charge in [-0.05, 0) is 104 Å². The predicted octanol–water partition coefficient (Wildman–Crippen LogP) is 9.30. The van der Waals surface area contributed by atoms with Crippen LogP contribution in [0.25, 0.3) is 22.3 Å². The molecule has 1 N–H and O–H groups in total. The average Bonchev–Trinajstić information content (AvgIpc) is 3.69. The molecule has 3 nitrogen and oxygen atoms in total. The van der Waals surface area contributed by atoms with Gasteiger partial charge in [0.05, 0.1) is 5.92 Å².